The molecule has 7 heteroatoms. The van der Waals surface area contributed by atoms with Gasteiger partial charge in [0.1, 0.15) is 11.6 Å². The summed E-state index contributed by atoms with van der Waals surface area (Å²) in [5.74, 6) is -0.988. The van der Waals surface area contributed by atoms with Crippen LogP contribution in [0, 0.1) is 11.6 Å². The third kappa shape index (κ3) is 6.67. The Balaban J connectivity index is 1.85. The van der Waals surface area contributed by atoms with Crippen LogP contribution in [-0.4, -0.2) is 34.3 Å². The molecule has 2 rings (SSSR count). The lowest BCUT2D eigenvalue weighted by atomic mass is 10.2. The van der Waals surface area contributed by atoms with Gasteiger partial charge in [-0.25, -0.2) is 8.78 Å². The van der Waals surface area contributed by atoms with Gasteiger partial charge in [0.25, 0.3) is 0 Å². The van der Waals surface area contributed by atoms with Gasteiger partial charge in [-0.2, -0.15) is 0 Å². The Labute approximate surface area is 161 Å². The molecule has 0 bridgehead atoms. The number of halogens is 2. The van der Waals surface area contributed by atoms with Crippen LogP contribution in [0.2, 0.25) is 0 Å². The minimum absolute atomic E-state index is 0.0990. The van der Waals surface area contributed by atoms with Crippen molar-refractivity contribution >= 4 is 29.3 Å². The first-order valence-corrected chi connectivity index (χ1v) is 9.64. The maximum atomic E-state index is 13.3. The highest BCUT2D eigenvalue weighted by molar-refractivity contribution is 8.01. The number of benzene rings is 2. The molecule has 1 N–H and O–H groups in total. The topological polar surface area (TPSA) is 49.4 Å². The minimum atomic E-state index is -0.419. The number of nitrogens with one attached hydrogen (secondary N) is 1. The van der Waals surface area contributed by atoms with E-state index in [-0.39, 0.29) is 29.2 Å². The highest BCUT2D eigenvalue weighted by Gasteiger charge is 2.21. The lowest BCUT2D eigenvalue weighted by Gasteiger charge is -2.24. The van der Waals surface area contributed by atoms with Gasteiger partial charge in [0.15, 0.2) is 0 Å². The van der Waals surface area contributed by atoms with Crippen LogP contribution in [0.4, 0.5) is 14.5 Å². The van der Waals surface area contributed by atoms with E-state index >= 15 is 0 Å². The zero-order chi connectivity index (χ0) is 19.8. The van der Waals surface area contributed by atoms with Crippen LogP contribution in [0.5, 0.6) is 0 Å². The number of hydrogen-bond acceptors (Lipinski definition) is 3. The zero-order valence-electron chi connectivity index (χ0n) is 15.2. The molecule has 4 nitrogen and oxygen atoms in total. The molecule has 27 heavy (non-hydrogen) atoms. The molecule has 0 fully saturated rings. The number of carbonyl (C=O) groups excluding carboxylic acids is 2. The van der Waals surface area contributed by atoms with Gasteiger partial charge in [0, 0.05) is 18.8 Å². The number of nitrogens with zero attached hydrogens (tertiary/aromatic N) is 1. The van der Waals surface area contributed by atoms with Crippen LogP contribution in [0.1, 0.15) is 19.4 Å². The largest absolute Gasteiger partial charge is 0.338 e. The smallest absolute Gasteiger partial charge is 0.235 e. The quantitative estimate of drug-likeness (QED) is 0.737. The fraction of sp³-hybridized carbons (Fsp3) is 0.300. The van der Waals surface area contributed by atoms with Crippen molar-refractivity contribution in [3.63, 3.8) is 0 Å². The molecule has 1 atom stereocenters. The van der Waals surface area contributed by atoms with Gasteiger partial charge in [0.2, 0.25) is 11.8 Å². The van der Waals surface area contributed by atoms with Gasteiger partial charge in [0.05, 0.1) is 11.0 Å². The van der Waals surface area contributed by atoms with E-state index in [1.807, 2.05) is 6.92 Å². The van der Waals surface area contributed by atoms with E-state index in [0.29, 0.717) is 18.8 Å². The first-order chi connectivity index (χ1) is 12.9. The lowest BCUT2D eigenvalue weighted by molar-refractivity contribution is -0.130. The van der Waals surface area contributed by atoms with Crippen LogP contribution in [0.15, 0.2) is 48.5 Å². The van der Waals surface area contributed by atoms with Gasteiger partial charge in [-0.05, 0) is 55.8 Å². The van der Waals surface area contributed by atoms with Crippen LogP contribution in [-0.2, 0) is 16.1 Å². The predicted molar refractivity (Wildman–Crippen MR) is 104 cm³/mol. The van der Waals surface area contributed by atoms with E-state index in [1.165, 1.54) is 48.2 Å². The van der Waals surface area contributed by atoms with Crippen molar-refractivity contribution < 1.29 is 18.4 Å². The molecule has 0 aliphatic heterocycles. The summed E-state index contributed by atoms with van der Waals surface area (Å²) in [6.07, 6.45) is 0. The highest BCUT2D eigenvalue weighted by Crippen LogP contribution is 2.17. The summed E-state index contributed by atoms with van der Waals surface area (Å²) in [6.45, 7) is 4.41. The highest BCUT2D eigenvalue weighted by atomic mass is 32.2. The summed E-state index contributed by atoms with van der Waals surface area (Å²) in [4.78, 5) is 26.2. The van der Waals surface area contributed by atoms with Gasteiger partial charge in [-0.3, -0.25) is 9.59 Å². The Hall–Kier alpha value is -2.41. The Morgan fingerprint density at radius 2 is 1.81 bits per heavy atom. The average Bonchev–Trinajstić information content (AvgIpc) is 2.65. The lowest BCUT2D eigenvalue weighted by Crippen LogP contribution is -2.36. The molecule has 2 amide bonds. The molecule has 0 spiro atoms. The number of anilines is 1. The summed E-state index contributed by atoms with van der Waals surface area (Å²) in [5.41, 5.74) is 1.22. The monoisotopic (exact) mass is 392 g/mol. The maximum absolute atomic E-state index is 13.3. The minimum Gasteiger partial charge on any atom is -0.338 e. The second kappa shape index (κ2) is 10.1. The standard InChI is InChI=1S/C20H22F2N2O2S/c1-3-24(12-15-5-4-6-17(22)11-15)20(26)14(2)27-13-19(25)23-18-9-7-16(21)8-10-18/h4-11,14H,3,12-13H2,1-2H3,(H,23,25). The number of thioether (sulfide) groups is 1. The molecule has 0 heterocycles. The third-order valence-corrected chi connectivity index (χ3v) is 5.03. The summed E-state index contributed by atoms with van der Waals surface area (Å²) < 4.78 is 26.2. The number of amides is 2. The van der Waals surface area contributed by atoms with Crippen molar-refractivity contribution in [2.24, 2.45) is 0 Å². The molecule has 0 aliphatic rings. The van der Waals surface area contributed by atoms with Gasteiger partial charge < -0.3 is 10.2 Å². The van der Waals surface area contributed by atoms with E-state index in [0.717, 1.165) is 5.56 Å². The summed E-state index contributed by atoms with van der Waals surface area (Å²) >= 11 is 1.22. The van der Waals surface area contributed by atoms with Crippen LogP contribution in [0.25, 0.3) is 0 Å². The fourth-order valence-corrected chi connectivity index (χ4v) is 3.23. The van der Waals surface area contributed by atoms with Crippen LogP contribution in [0.3, 0.4) is 0 Å². The van der Waals surface area contributed by atoms with Gasteiger partial charge in [-0.1, -0.05) is 12.1 Å². The molecule has 144 valence electrons. The van der Waals surface area contributed by atoms with Crippen LogP contribution < -0.4 is 5.32 Å². The fourth-order valence-electron chi connectivity index (χ4n) is 2.46. The molecule has 2 aromatic carbocycles. The number of hydrogen-bond donors (Lipinski definition) is 1. The molecular formula is C20H22F2N2O2S. The van der Waals surface area contributed by atoms with E-state index < -0.39 is 5.25 Å². The van der Waals surface area contributed by atoms with E-state index in [2.05, 4.69) is 5.32 Å². The SMILES string of the molecule is CCN(Cc1cccc(F)c1)C(=O)C(C)SCC(=O)Nc1ccc(F)cc1. The Bertz CT molecular complexity index is 784. The van der Waals surface area contributed by atoms with Gasteiger partial charge >= 0.3 is 0 Å². The first-order valence-electron chi connectivity index (χ1n) is 8.59. The van der Waals surface area contributed by atoms with Crippen molar-refractivity contribution in [3.8, 4) is 0 Å². The summed E-state index contributed by atoms with van der Waals surface area (Å²) in [6, 6.07) is 11.6. The molecule has 0 saturated heterocycles. The first kappa shape index (κ1) is 20.9. The number of rotatable bonds is 8. The normalized spacial score (nSPS) is 11.7. The van der Waals surface area contributed by atoms with E-state index in [1.54, 1.807) is 24.0 Å². The molecular weight excluding hydrogens is 370 g/mol. The average molecular weight is 392 g/mol. The summed E-state index contributed by atoms with van der Waals surface area (Å²) in [5, 5.41) is 2.24. The molecule has 0 radical (unpaired) electrons. The van der Waals surface area contributed by atoms with Crippen molar-refractivity contribution in [2.75, 3.05) is 17.6 Å². The van der Waals surface area contributed by atoms with Gasteiger partial charge in [-0.15, -0.1) is 11.8 Å². The van der Waals surface area contributed by atoms with E-state index in [4.69, 9.17) is 0 Å². The molecule has 0 aliphatic carbocycles. The Morgan fingerprint density at radius 3 is 2.44 bits per heavy atom. The molecule has 2 aromatic rings. The van der Waals surface area contributed by atoms with Crippen LogP contribution >= 0.6 is 11.8 Å². The molecule has 0 saturated carbocycles. The Kier molecular flexibility index (Phi) is 7.79. The van der Waals surface area contributed by atoms with E-state index in [9.17, 15) is 18.4 Å². The maximum Gasteiger partial charge on any atom is 0.235 e. The molecule has 0 aromatic heterocycles. The third-order valence-electron chi connectivity index (χ3n) is 3.90. The second-order valence-corrected chi connectivity index (χ2v) is 7.32. The van der Waals surface area contributed by atoms with Crippen molar-refractivity contribution in [2.45, 2.75) is 25.6 Å². The second-order valence-electron chi connectivity index (χ2n) is 5.99. The van der Waals surface area contributed by atoms with Crippen molar-refractivity contribution in [3.05, 3.63) is 65.7 Å². The number of carbonyl (C=O) groups is 2. The summed E-state index contributed by atoms with van der Waals surface area (Å²) in [7, 11) is 0. The predicted octanol–water partition coefficient (Wildman–Crippen LogP) is 4.07. The van der Waals surface area contributed by atoms with Crippen molar-refractivity contribution in [1.82, 2.24) is 4.90 Å². The molecule has 1 unspecified atom stereocenters. The zero-order valence-corrected chi connectivity index (χ0v) is 16.1. The van der Waals surface area contributed by atoms with Crippen molar-refractivity contribution in [1.29, 1.82) is 0 Å². The Morgan fingerprint density at radius 1 is 1.11 bits per heavy atom.